The van der Waals surface area contributed by atoms with E-state index in [2.05, 4.69) is 20.4 Å². The van der Waals surface area contributed by atoms with Gasteiger partial charge in [-0.05, 0) is 18.6 Å². The highest BCUT2D eigenvalue weighted by atomic mass is 19.1. The highest BCUT2D eigenvalue weighted by Gasteiger charge is 2.15. The van der Waals surface area contributed by atoms with Gasteiger partial charge in [-0.15, -0.1) is 0 Å². The van der Waals surface area contributed by atoms with Crippen molar-refractivity contribution in [2.45, 2.75) is 13.3 Å². The van der Waals surface area contributed by atoms with Crippen molar-refractivity contribution in [2.75, 3.05) is 24.0 Å². The molecule has 8 heteroatoms. The predicted octanol–water partition coefficient (Wildman–Crippen LogP) is 1.85. The Morgan fingerprint density at radius 3 is 2.71 bits per heavy atom. The molecule has 7 nitrogen and oxygen atoms in total. The Morgan fingerprint density at radius 2 is 2.05 bits per heavy atom. The summed E-state index contributed by atoms with van der Waals surface area (Å²) in [7, 11) is 1.65. The summed E-state index contributed by atoms with van der Waals surface area (Å²) in [5.41, 5.74) is 2.68. The van der Waals surface area contributed by atoms with Crippen molar-refractivity contribution >= 4 is 17.6 Å². The first-order valence-corrected chi connectivity index (χ1v) is 6.49. The molecular weight excluding hydrogens is 275 g/mol. The van der Waals surface area contributed by atoms with E-state index in [1.165, 1.54) is 11.0 Å². The van der Waals surface area contributed by atoms with E-state index in [0.29, 0.717) is 12.3 Å². The van der Waals surface area contributed by atoms with E-state index >= 15 is 0 Å². The summed E-state index contributed by atoms with van der Waals surface area (Å²) in [6.07, 6.45) is 0.815. The minimum atomic E-state index is -0.376. The molecule has 0 aliphatic carbocycles. The molecule has 21 heavy (non-hydrogen) atoms. The number of halogens is 1. The molecule has 0 bridgehead atoms. The maximum absolute atomic E-state index is 13.8. The van der Waals surface area contributed by atoms with Crippen LogP contribution in [-0.4, -0.2) is 28.6 Å². The van der Waals surface area contributed by atoms with Crippen molar-refractivity contribution in [1.29, 1.82) is 0 Å². The van der Waals surface area contributed by atoms with Crippen LogP contribution in [-0.2, 0) is 0 Å². The number of nitrogens with one attached hydrogen (secondary N) is 1. The predicted molar refractivity (Wildman–Crippen MR) is 77.9 cm³/mol. The molecule has 1 aromatic carbocycles. The molecule has 0 fully saturated rings. The Kier molecular flexibility index (Phi) is 4.83. The van der Waals surface area contributed by atoms with Gasteiger partial charge in [0.25, 0.3) is 0 Å². The van der Waals surface area contributed by atoms with E-state index in [0.717, 1.165) is 6.42 Å². The zero-order valence-electron chi connectivity index (χ0n) is 11.9. The first kappa shape index (κ1) is 14.9. The molecule has 0 spiro atoms. The maximum atomic E-state index is 13.8. The van der Waals surface area contributed by atoms with Gasteiger partial charge >= 0.3 is 6.01 Å². The van der Waals surface area contributed by atoms with Crippen LogP contribution >= 0.6 is 0 Å². The summed E-state index contributed by atoms with van der Waals surface area (Å²) in [6, 6.07) is 6.47. The molecule has 2 aromatic rings. The van der Waals surface area contributed by atoms with Crippen molar-refractivity contribution < 1.29 is 9.13 Å². The number of rotatable bonds is 6. The van der Waals surface area contributed by atoms with Crippen molar-refractivity contribution in [3.05, 3.63) is 30.1 Å². The fourth-order valence-electron chi connectivity index (χ4n) is 1.65. The molecule has 3 N–H and O–H groups in total. The summed E-state index contributed by atoms with van der Waals surface area (Å²) in [5.74, 6) is 5.34. The molecule has 0 radical (unpaired) electrons. The lowest BCUT2D eigenvalue weighted by Crippen LogP contribution is -2.19. The van der Waals surface area contributed by atoms with Crippen LogP contribution in [0.4, 0.5) is 22.0 Å². The maximum Gasteiger partial charge on any atom is 0.323 e. The fraction of sp³-hybridized carbons (Fsp3) is 0.308. The first-order chi connectivity index (χ1) is 10.2. The number of hydrogen-bond acceptors (Lipinski definition) is 7. The summed E-state index contributed by atoms with van der Waals surface area (Å²) in [4.78, 5) is 13.7. The largest absolute Gasteiger partial charge is 0.463 e. The van der Waals surface area contributed by atoms with Crippen molar-refractivity contribution in [3.63, 3.8) is 0 Å². The third-order valence-electron chi connectivity index (χ3n) is 2.68. The van der Waals surface area contributed by atoms with Crippen LogP contribution in [0.25, 0.3) is 0 Å². The third kappa shape index (κ3) is 3.54. The topological polar surface area (TPSA) is 89.2 Å². The Labute approximate surface area is 122 Å². The van der Waals surface area contributed by atoms with Gasteiger partial charge in [-0.1, -0.05) is 19.1 Å². The molecule has 0 aliphatic rings. The van der Waals surface area contributed by atoms with Crippen LogP contribution in [0.15, 0.2) is 24.3 Å². The van der Waals surface area contributed by atoms with Gasteiger partial charge in [0.05, 0.1) is 12.3 Å². The Bertz CT molecular complexity index is 609. The van der Waals surface area contributed by atoms with Crippen LogP contribution in [0.3, 0.4) is 0 Å². The number of aromatic nitrogens is 3. The second kappa shape index (κ2) is 6.80. The van der Waals surface area contributed by atoms with Crippen LogP contribution in [0.1, 0.15) is 13.3 Å². The van der Waals surface area contributed by atoms with E-state index in [1.807, 2.05) is 6.92 Å². The second-order valence-corrected chi connectivity index (χ2v) is 4.24. The monoisotopic (exact) mass is 292 g/mol. The highest BCUT2D eigenvalue weighted by Crippen LogP contribution is 2.24. The van der Waals surface area contributed by atoms with E-state index < -0.39 is 0 Å². The molecule has 1 aromatic heterocycles. The van der Waals surface area contributed by atoms with Crippen LogP contribution in [0, 0.1) is 5.82 Å². The third-order valence-corrected chi connectivity index (χ3v) is 2.68. The van der Waals surface area contributed by atoms with E-state index in [1.54, 1.807) is 25.2 Å². The number of nitrogen functional groups attached to an aromatic ring is 1. The quantitative estimate of drug-likeness (QED) is 0.620. The number of para-hydroxylation sites is 1. The lowest BCUT2D eigenvalue weighted by atomic mass is 10.3. The Hall–Kier alpha value is -2.48. The van der Waals surface area contributed by atoms with E-state index in [9.17, 15) is 4.39 Å². The second-order valence-electron chi connectivity index (χ2n) is 4.24. The van der Waals surface area contributed by atoms with E-state index in [-0.39, 0.29) is 23.7 Å². The smallest absolute Gasteiger partial charge is 0.323 e. The number of nitrogens with two attached hydrogens (primary N) is 1. The van der Waals surface area contributed by atoms with Crippen molar-refractivity contribution in [1.82, 2.24) is 15.0 Å². The number of hydrazine groups is 1. The molecule has 0 saturated heterocycles. The molecule has 0 atom stereocenters. The van der Waals surface area contributed by atoms with Gasteiger partial charge in [0.15, 0.2) is 0 Å². The fourth-order valence-corrected chi connectivity index (χ4v) is 1.65. The molecule has 0 amide bonds. The lowest BCUT2D eigenvalue weighted by molar-refractivity contribution is 0.292. The van der Waals surface area contributed by atoms with Crippen LogP contribution < -0.4 is 20.9 Å². The molecule has 0 unspecified atom stereocenters. The van der Waals surface area contributed by atoms with Gasteiger partial charge in [-0.3, -0.25) is 5.43 Å². The SMILES string of the molecule is CCCOc1nc(NN)nc(N(C)c2ccccc2F)n1. The molecule has 0 saturated carbocycles. The van der Waals surface area contributed by atoms with Gasteiger partial charge in [-0.2, -0.15) is 15.0 Å². The zero-order valence-corrected chi connectivity index (χ0v) is 11.9. The number of benzene rings is 1. The minimum Gasteiger partial charge on any atom is -0.463 e. The van der Waals surface area contributed by atoms with Crippen molar-refractivity contribution in [3.8, 4) is 6.01 Å². The number of nitrogens with zero attached hydrogens (tertiary/aromatic N) is 4. The number of anilines is 3. The van der Waals surface area contributed by atoms with Crippen molar-refractivity contribution in [2.24, 2.45) is 5.84 Å². The zero-order chi connectivity index (χ0) is 15.2. The van der Waals surface area contributed by atoms with E-state index in [4.69, 9.17) is 10.6 Å². The van der Waals surface area contributed by atoms with Gasteiger partial charge < -0.3 is 9.64 Å². The van der Waals surface area contributed by atoms with Gasteiger partial charge in [0.2, 0.25) is 11.9 Å². The average molecular weight is 292 g/mol. The van der Waals surface area contributed by atoms with Gasteiger partial charge in [-0.25, -0.2) is 10.2 Å². The standard InChI is InChI=1S/C13H17FN6O/c1-3-8-21-13-17-11(19-15)16-12(18-13)20(2)10-7-5-4-6-9(10)14/h4-7H,3,8,15H2,1-2H3,(H,16,17,18,19). The Balaban J connectivity index is 2.35. The average Bonchev–Trinajstić information content (AvgIpc) is 2.52. The number of hydrogen-bond donors (Lipinski definition) is 2. The summed E-state index contributed by atoms with van der Waals surface area (Å²) in [5, 5.41) is 0. The lowest BCUT2D eigenvalue weighted by Gasteiger charge is -2.18. The first-order valence-electron chi connectivity index (χ1n) is 6.49. The van der Waals surface area contributed by atoms with Crippen LogP contribution in [0.5, 0.6) is 6.01 Å². The normalized spacial score (nSPS) is 10.3. The van der Waals surface area contributed by atoms with Gasteiger partial charge in [0.1, 0.15) is 5.82 Å². The molecular formula is C13H17FN6O. The molecule has 1 heterocycles. The minimum absolute atomic E-state index is 0.137. The molecule has 0 aliphatic heterocycles. The molecule has 2 rings (SSSR count). The summed E-state index contributed by atoms with van der Waals surface area (Å²) < 4.78 is 19.2. The highest BCUT2D eigenvalue weighted by molar-refractivity contribution is 5.57. The Morgan fingerprint density at radius 1 is 1.29 bits per heavy atom. The summed E-state index contributed by atoms with van der Waals surface area (Å²) >= 11 is 0. The number of ether oxygens (including phenoxy) is 1. The van der Waals surface area contributed by atoms with Crippen LogP contribution in [0.2, 0.25) is 0 Å². The summed E-state index contributed by atoms with van der Waals surface area (Å²) in [6.45, 7) is 2.44. The molecule has 112 valence electrons. The van der Waals surface area contributed by atoms with Gasteiger partial charge in [0, 0.05) is 7.05 Å².